The number of nitrogens with one attached hydrogen (secondary N) is 1. The highest BCUT2D eigenvalue weighted by molar-refractivity contribution is 7.09. The van der Waals surface area contributed by atoms with E-state index in [4.69, 9.17) is 4.98 Å². The zero-order valence-corrected chi connectivity index (χ0v) is 16.5. The van der Waals surface area contributed by atoms with Gasteiger partial charge in [0.05, 0.1) is 16.7 Å². The number of carbonyl (C=O) groups is 1. The molecule has 3 heterocycles. The van der Waals surface area contributed by atoms with Crippen LogP contribution in [0.15, 0.2) is 5.38 Å². The molecule has 1 unspecified atom stereocenters. The van der Waals surface area contributed by atoms with Gasteiger partial charge in [0, 0.05) is 43.5 Å². The number of nitrogens with zero attached hydrogens (tertiary/aromatic N) is 3. The topological polar surface area (TPSA) is 48.5 Å². The van der Waals surface area contributed by atoms with E-state index in [0.29, 0.717) is 5.91 Å². The van der Waals surface area contributed by atoms with E-state index in [1.165, 1.54) is 5.01 Å². The van der Waals surface area contributed by atoms with Crippen molar-refractivity contribution in [2.24, 2.45) is 0 Å². The molecule has 1 atom stereocenters. The lowest BCUT2D eigenvalue weighted by Crippen LogP contribution is -2.52. The summed E-state index contributed by atoms with van der Waals surface area (Å²) < 4.78 is 0. The molecule has 7 heteroatoms. The van der Waals surface area contributed by atoms with Gasteiger partial charge in [-0.2, -0.15) is 0 Å². The van der Waals surface area contributed by atoms with Gasteiger partial charge in [0.25, 0.3) is 0 Å². The maximum absolute atomic E-state index is 12.4. The van der Waals surface area contributed by atoms with Gasteiger partial charge in [0.1, 0.15) is 0 Å². The van der Waals surface area contributed by atoms with Crippen LogP contribution in [0.3, 0.4) is 0 Å². The Balaban J connectivity index is 0.00000208. The largest absolute Gasteiger partial charge is 0.339 e. The molecular formula is C17H29ClN4OS. The molecule has 1 N–H and O–H groups in total. The maximum atomic E-state index is 12.4. The van der Waals surface area contributed by atoms with Crippen LogP contribution in [0.25, 0.3) is 0 Å². The van der Waals surface area contributed by atoms with Crippen LogP contribution in [-0.4, -0.2) is 59.5 Å². The molecule has 0 bridgehead atoms. The standard InChI is InChI=1S/C17H28N4OS.ClH/c1-17(2,3)16-19-13(12-23-16)11-20-7-9-21(10-8-20)15(22)14-5-4-6-18-14;/h12,14,18H,4-11H2,1-3H3;1H. The van der Waals surface area contributed by atoms with Crippen molar-refractivity contribution in [2.45, 2.75) is 51.6 Å². The Morgan fingerprint density at radius 3 is 2.58 bits per heavy atom. The highest BCUT2D eigenvalue weighted by atomic mass is 35.5. The molecule has 1 amide bonds. The van der Waals surface area contributed by atoms with E-state index in [0.717, 1.165) is 57.8 Å². The first-order valence-electron chi connectivity index (χ1n) is 8.63. The Hall–Kier alpha value is -0.690. The van der Waals surface area contributed by atoms with Crippen LogP contribution in [0.5, 0.6) is 0 Å². The Morgan fingerprint density at radius 1 is 1.33 bits per heavy atom. The molecule has 2 fully saturated rings. The summed E-state index contributed by atoms with van der Waals surface area (Å²) >= 11 is 1.76. The molecule has 2 aliphatic heterocycles. The first kappa shape index (κ1) is 19.6. The molecule has 0 spiro atoms. The second-order valence-corrected chi connectivity index (χ2v) is 8.50. The summed E-state index contributed by atoms with van der Waals surface area (Å²) in [6, 6.07) is 0.0643. The van der Waals surface area contributed by atoms with E-state index in [-0.39, 0.29) is 23.9 Å². The fourth-order valence-electron chi connectivity index (χ4n) is 3.20. The SMILES string of the molecule is CC(C)(C)c1nc(CN2CCN(C(=O)C3CCCN3)CC2)cs1.Cl. The summed E-state index contributed by atoms with van der Waals surface area (Å²) in [4.78, 5) is 21.6. The number of aromatic nitrogens is 1. The lowest BCUT2D eigenvalue weighted by Gasteiger charge is -2.35. The van der Waals surface area contributed by atoms with Crippen LogP contribution >= 0.6 is 23.7 Å². The third-order valence-electron chi connectivity index (χ3n) is 4.62. The molecule has 3 rings (SSSR count). The Bertz CT molecular complexity index is 543. The van der Waals surface area contributed by atoms with Crippen LogP contribution in [0.1, 0.15) is 44.3 Å². The van der Waals surface area contributed by atoms with Gasteiger partial charge < -0.3 is 10.2 Å². The van der Waals surface area contributed by atoms with Crippen molar-refractivity contribution >= 4 is 29.7 Å². The van der Waals surface area contributed by atoms with Crippen LogP contribution in [0.2, 0.25) is 0 Å². The minimum absolute atomic E-state index is 0. The number of halogens is 1. The van der Waals surface area contributed by atoms with E-state index in [2.05, 4.69) is 36.4 Å². The highest BCUT2D eigenvalue weighted by Crippen LogP contribution is 2.26. The fraction of sp³-hybridized carbons (Fsp3) is 0.765. The minimum Gasteiger partial charge on any atom is -0.339 e. The molecule has 2 aliphatic rings. The van der Waals surface area contributed by atoms with Crippen molar-refractivity contribution in [1.29, 1.82) is 0 Å². The Morgan fingerprint density at radius 2 is 2.04 bits per heavy atom. The van der Waals surface area contributed by atoms with E-state index >= 15 is 0 Å². The summed E-state index contributed by atoms with van der Waals surface area (Å²) in [7, 11) is 0. The number of hydrogen-bond donors (Lipinski definition) is 1. The Kier molecular flexibility index (Phi) is 6.65. The van der Waals surface area contributed by atoms with Crippen molar-refractivity contribution in [1.82, 2.24) is 20.1 Å². The maximum Gasteiger partial charge on any atom is 0.239 e. The molecule has 5 nitrogen and oxygen atoms in total. The molecule has 0 radical (unpaired) electrons. The van der Waals surface area contributed by atoms with Crippen molar-refractivity contribution < 1.29 is 4.79 Å². The second-order valence-electron chi connectivity index (χ2n) is 7.64. The van der Waals surface area contributed by atoms with Gasteiger partial charge in [-0.25, -0.2) is 4.98 Å². The van der Waals surface area contributed by atoms with Crippen molar-refractivity contribution in [2.75, 3.05) is 32.7 Å². The van der Waals surface area contributed by atoms with Crippen molar-refractivity contribution in [3.63, 3.8) is 0 Å². The zero-order valence-electron chi connectivity index (χ0n) is 14.9. The van der Waals surface area contributed by atoms with E-state index in [1.54, 1.807) is 11.3 Å². The number of amides is 1. The van der Waals surface area contributed by atoms with Crippen LogP contribution in [0, 0.1) is 0 Å². The van der Waals surface area contributed by atoms with Gasteiger partial charge in [-0.3, -0.25) is 9.69 Å². The molecule has 0 aromatic carbocycles. The van der Waals surface area contributed by atoms with Crippen LogP contribution in [-0.2, 0) is 16.8 Å². The quantitative estimate of drug-likeness (QED) is 0.884. The van der Waals surface area contributed by atoms with Crippen LogP contribution in [0.4, 0.5) is 0 Å². The van der Waals surface area contributed by atoms with Crippen LogP contribution < -0.4 is 5.32 Å². The average molecular weight is 373 g/mol. The first-order valence-corrected chi connectivity index (χ1v) is 9.51. The van der Waals surface area contributed by atoms with Gasteiger partial charge in [0.15, 0.2) is 0 Å². The predicted octanol–water partition coefficient (Wildman–Crippen LogP) is 2.26. The highest BCUT2D eigenvalue weighted by Gasteiger charge is 2.29. The summed E-state index contributed by atoms with van der Waals surface area (Å²) in [5.41, 5.74) is 1.29. The number of thiazole rings is 1. The van der Waals surface area contributed by atoms with Gasteiger partial charge in [-0.1, -0.05) is 20.8 Å². The third-order valence-corrected chi connectivity index (χ3v) is 5.94. The van der Waals surface area contributed by atoms with Gasteiger partial charge in [0.2, 0.25) is 5.91 Å². The molecule has 0 saturated carbocycles. The lowest BCUT2D eigenvalue weighted by molar-refractivity contribution is -0.134. The van der Waals surface area contributed by atoms with E-state index in [1.807, 2.05) is 4.90 Å². The summed E-state index contributed by atoms with van der Waals surface area (Å²) in [5, 5.41) is 6.69. The molecule has 1 aromatic rings. The molecule has 0 aliphatic carbocycles. The number of piperazine rings is 1. The summed E-state index contributed by atoms with van der Waals surface area (Å²) in [6.07, 6.45) is 2.11. The molecule has 2 saturated heterocycles. The normalized spacial score (nSPS) is 22.5. The second kappa shape index (κ2) is 8.13. The fourth-order valence-corrected chi connectivity index (χ4v) is 4.09. The lowest BCUT2D eigenvalue weighted by atomic mass is 9.98. The van der Waals surface area contributed by atoms with Crippen molar-refractivity contribution in [3.05, 3.63) is 16.1 Å². The third kappa shape index (κ3) is 4.69. The number of carbonyl (C=O) groups excluding carboxylic acids is 1. The summed E-state index contributed by atoms with van der Waals surface area (Å²) in [6.45, 7) is 12.1. The summed E-state index contributed by atoms with van der Waals surface area (Å²) in [5.74, 6) is 0.297. The number of rotatable bonds is 3. The average Bonchev–Trinajstić information content (AvgIpc) is 3.18. The van der Waals surface area contributed by atoms with E-state index in [9.17, 15) is 4.79 Å². The zero-order chi connectivity index (χ0) is 16.4. The van der Waals surface area contributed by atoms with Crippen molar-refractivity contribution in [3.8, 4) is 0 Å². The first-order chi connectivity index (χ1) is 10.9. The molecular weight excluding hydrogens is 344 g/mol. The van der Waals surface area contributed by atoms with Gasteiger partial charge >= 0.3 is 0 Å². The molecule has 1 aromatic heterocycles. The number of hydrogen-bond acceptors (Lipinski definition) is 5. The van der Waals surface area contributed by atoms with Gasteiger partial charge in [-0.15, -0.1) is 23.7 Å². The predicted molar refractivity (Wildman–Crippen MR) is 101 cm³/mol. The monoisotopic (exact) mass is 372 g/mol. The minimum atomic E-state index is 0. The smallest absolute Gasteiger partial charge is 0.239 e. The molecule has 136 valence electrons. The van der Waals surface area contributed by atoms with E-state index < -0.39 is 0 Å². The molecule has 24 heavy (non-hydrogen) atoms. The Labute approximate surface area is 155 Å². The van der Waals surface area contributed by atoms with Gasteiger partial charge in [-0.05, 0) is 19.4 Å².